The lowest BCUT2D eigenvalue weighted by molar-refractivity contribution is 0.282. The first-order valence-electron chi connectivity index (χ1n) is 7.33. The van der Waals surface area contributed by atoms with Gasteiger partial charge in [0.05, 0.1) is 17.2 Å². The number of benzene rings is 3. The largest absolute Gasteiger partial charge is 0.437 e. The zero-order chi connectivity index (χ0) is 16.1. The molecular formula is C19H17O3P. The lowest BCUT2D eigenvalue weighted by atomic mass is 10.2. The Kier molecular flexibility index (Phi) is 4.61. The molecule has 3 nitrogen and oxygen atoms in total. The van der Waals surface area contributed by atoms with Gasteiger partial charge in [0.15, 0.2) is 0 Å². The molecule has 0 bridgehead atoms. The molecule has 3 rings (SSSR count). The van der Waals surface area contributed by atoms with Crippen molar-refractivity contribution in [1.82, 2.24) is 0 Å². The molecule has 23 heavy (non-hydrogen) atoms. The maximum absolute atomic E-state index is 13.7. The topological polar surface area (TPSA) is 46.5 Å². The normalized spacial score (nSPS) is 11.2. The van der Waals surface area contributed by atoms with E-state index in [9.17, 15) is 4.57 Å². The highest BCUT2D eigenvalue weighted by atomic mass is 31.2. The third kappa shape index (κ3) is 3.37. The minimum absolute atomic E-state index is 0.0324. The summed E-state index contributed by atoms with van der Waals surface area (Å²) in [7, 11) is -3.23. The van der Waals surface area contributed by atoms with Crippen molar-refractivity contribution in [3.8, 4) is 5.75 Å². The van der Waals surface area contributed by atoms with Crippen LogP contribution in [-0.2, 0) is 11.2 Å². The molecule has 0 aliphatic rings. The van der Waals surface area contributed by atoms with Gasteiger partial charge < -0.3 is 9.63 Å². The summed E-state index contributed by atoms with van der Waals surface area (Å²) in [6, 6.07) is 25.4. The van der Waals surface area contributed by atoms with Crippen molar-refractivity contribution in [1.29, 1.82) is 0 Å². The standard InChI is InChI=1S/C19H17O3P/c20-15-16-11-13-17(14-12-16)22-23(21,18-7-3-1-4-8-18)19-9-5-2-6-10-19/h1-14,20H,15H2. The van der Waals surface area contributed by atoms with E-state index in [0.29, 0.717) is 16.4 Å². The van der Waals surface area contributed by atoms with Gasteiger partial charge in [-0.3, -0.25) is 4.57 Å². The van der Waals surface area contributed by atoms with Crippen molar-refractivity contribution in [3.05, 3.63) is 90.5 Å². The predicted molar refractivity (Wildman–Crippen MR) is 92.8 cm³/mol. The monoisotopic (exact) mass is 324 g/mol. The van der Waals surface area contributed by atoms with Crippen LogP contribution in [0.3, 0.4) is 0 Å². The van der Waals surface area contributed by atoms with Gasteiger partial charge in [0, 0.05) is 0 Å². The first-order valence-corrected chi connectivity index (χ1v) is 8.95. The Morgan fingerprint density at radius 3 is 1.65 bits per heavy atom. The third-order valence-corrected chi connectivity index (χ3v) is 5.96. The van der Waals surface area contributed by atoms with E-state index >= 15 is 0 Å². The van der Waals surface area contributed by atoms with E-state index < -0.39 is 7.37 Å². The summed E-state index contributed by atoms with van der Waals surface area (Å²) in [4.78, 5) is 0. The molecule has 0 saturated heterocycles. The SMILES string of the molecule is O=P(Oc1ccc(CO)cc1)(c1ccccc1)c1ccccc1. The van der Waals surface area contributed by atoms with Gasteiger partial charge in [-0.25, -0.2) is 0 Å². The molecule has 0 spiro atoms. The molecule has 0 unspecified atom stereocenters. The second kappa shape index (κ2) is 6.82. The van der Waals surface area contributed by atoms with Gasteiger partial charge in [-0.2, -0.15) is 0 Å². The van der Waals surface area contributed by atoms with E-state index in [1.54, 1.807) is 24.3 Å². The van der Waals surface area contributed by atoms with Crippen LogP contribution in [0.4, 0.5) is 0 Å². The number of aliphatic hydroxyl groups excluding tert-OH is 1. The number of rotatable bonds is 5. The molecule has 1 N–H and O–H groups in total. The Morgan fingerprint density at radius 1 is 0.739 bits per heavy atom. The molecule has 0 amide bonds. The third-order valence-electron chi connectivity index (χ3n) is 3.53. The number of aliphatic hydroxyl groups is 1. The quantitative estimate of drug-likeness (QED) is 0.731. The van der Waals surface area contributed by atoms with Gasteiger partial charge >= 0.3 is 7.37 Å². The maximum atomic E-state index is 13.7. The lowest BCUT2D eigenvalue weighted by Crippen LogP contribution is -2.20. The summed E-state index contributed by atoms with van der Waals surface area (Å²) in [6.07, 6.45) is 0. The van der Waals surface area contributed by atoms with Crippen LogP contribution in [0.25, 0.3) is 0 Å². The molecule has 116 valence electrons. The van der Waals surface area contributed by atoms with Crippen molar-refractivity contribution >= 4 is 18.0 Å². The summed E-state index contributed by atoms with van der Waals surface area (Å²) in [5.74, 6) is 0.512. The van der Waals surface area contributed by atoms with E-state index in [1.165, 1.54) is 0 Å². The molecule has 0 aromatic heterocycles. The second-order valence-corrected chi connectivity index (χ2v) is 7.43. The lowest BCUT2D eigenvalue weighted by Gasteiger charge is -2.20. The van der Waals surface area contributed by atoms with E-state index in [0.717, 1.165) is 5.56 Å². The van der Waals surface area contributed by atoms with Gasteiger partial charge in [0.1, 0.15) is 5.75 Å². The second-order valence-electron chi connectivity index (χ2n) is 5.12. The first kappa shape index (κ1) is 15.5. The fraction of sp³-hybridized carbons (Fsp3) is 0.0526. The minimum atomic E-state index is -3.23. The molecule has 0 heterocycles. The highest BCUT2D eigenvalue weighted by molar-refractivity contribution is 7.74. The zero-order valence-electron chi connectivity index (χ0n) is 12.5. The summed E-state index contributed by atoms with van der Waals surface area (Å²) in [5.41, 5.74) is 0.784. The molecule has 3 aromatic rings. The summed E-state index contributed by atoms with van der Waals surface area (Å²) < 4.78 is 19.6. The Labute approximate surface area is 135 Å². The van der Waals surface area contributed by atoms with Crippen LogP contribution in [0.15, 0.2) is 84.9 Å². The van der Waals surface area contributed by atoms with Crippen molar-refractivity contribution in [3.63, 3.8) is 0 Å². The van der Waals surface area contributed by atoms with Crippen LogP contribution in [0, 0.1) is 0 Å². The van der Waals surface area contributed by atoms with Gasteiger partial charge in [0.2, 0.25) is 0 Å². The van der Waals surface area contributed by atoms with Crippen molar-refractivity contribution < 1.29 is 14.2 Å². The van der Waals surface area contributed by atoms with Crippen LogP contribution < -0.4 is 15.1 Å². The van der Waals surface area contributed by atoms with Gasteiger partial charge in [-0.15, -0.1) is 0 Å². The Bertz CT molecular complexity index is 756. The van der Waals surface area contributed by atoms with Crippen molar-refractivity contribution in [2.75, 3.05) is 0 Å². The first-order chi connectivity index (χ1) is 11.2. The molecule has 4 heteroatoms. The number of hydrogen-bond acceptors (Lipinski definition) is 3. The summed E-state index contributed by atoms with van der Waals surface area (Å²) in [6.45, 7) is -0.0324. The average Bonchev–Trinajstić information content (AvgIpc) is 2.64. The van der Waals surface area contributed by atoms with E-state index in [2.05, 4.69) is 0 Å². The molecule has 0 atom stereocenters. The average molecular weight is 324 g/mol. The van der Waals surface area contributed by atoms with Crippen molar-refractivity contribution in [2.45, 2.75) is 6.61 Å². The van der Waals surface area contributed by atoms with Gasteiger partial charge in [-0.1, -0.05) is 48.5 Å². The van der Waals surface area contributed by atoms with Gasteiger partial charge in [-0.05, 0) is 42.0 Å². The van der Waals surface area contributed by atoms with Crippen LogP contribution >= 0.6 is 7.37 Å². The fourth-order valence-electron chi connectivity index (χ4n) is 2.31. The highest BCUT2D eigenvalue weighted by Gasteiger charge is 2.29. The molecule has 0 aliphatic heterocycles. The molecular weight excluding hydrogens is 307 g/mol. The summed E-state index contributed by atoms with van der Waals surface area (Å²) >= 11 is 0. The van der Waals surface area contributed by atoms with Crippen LogP contribution in [0.5, 0.6) is 5.75 Å². The molecule has 0 radical (unpaired) electrons. The van der Waals surface area contributed by atoms with E-state index in [1.807, 2.05) is 60.7 Å². The Morgan fingerprint density at radius 2 is 1.22 bits per heavy atom. The number of hydrogen-bond donors (Lipinski definition) is 1. The molecule has 0 aliphatic carbocycles. The van der Waals surface area contributed by atoms with E-state index in [-0.39, 0.29) is 6.61 Å². The van der Waals surface area contributed by atoms with Crippen LogP contribution in [0.2, 0.25) is 0 Å². The van der Waals surface area contributed by atoms with E-state index in [4.69, 9.17) is 9.63 Å². The predicted octanol–water partition coefficient (Wildman–Crippen LogP) is 3.49. The fourth-order valence-corrected chi connectivity index (χ4v) is 4.36. The molecule has 0 fully saturated rings. The molecule has 0 saturated carbocycles. The van der Waals surface area contributed by atoms with Gasteiger partial charge in [0.25, 0.3) is 0 Å². The van der Waals surface area contributed by atoms with Crippen LogP contribution in [0.1, 0.15) is 5.56 Å². The summed E-state index contributed by atoms with van der Waals surface area (Å²) in [5, 5.41) is 10.4. The molecule has 3 aromatic carbocycles. The zero-order valence-corrected chi connectivity index (χ0v) is 13.4. The maximum Gasteiger partial charge on any atom is 0.306 e. The van der Waals surface area contributed by atoms with Crippen molar-refractivity contribution in [2.24, 2.45) is 0 Å². The minimum Gasteiger partial charge on any atom is -0.437 e. The highest BCUT2D eigenvalue weighted by Crippen LogP contribution is 2.44. The Balaban J connectivity index is 2.04. The Hall–Kier alpha value is -2.35. The smallest absolute Gasteiger partial charge is 0.306 e. The van der Waals surface area contributed by atoms with Crippen LogP contribution in [-0.4, -0.2) is 5.11 Å².